The Morgan fingerprint density at radius 1 is 0.951 bits per heavy atom. The number of benzene rings is 3. The van der Waals surface area contributed by atoms with Crippen LogP contribution in [-0.4, -0.2) is 49.9 Å². The molecule has 0 saturated carbocycles. The van der Waals surface area contributed by atoms with Crippen LogP contribution in [0, 0.1) is 11.6 Å². The summed E-state index contributed by atoms with van der Waals surface area (Å²) in [7, 11) is -4.38. The molecule has 3 aromatic rings. The van der Waals surface area contributed by atoms with Crippen molar-refractivity contribution < 1.29 is 31.5 Å². The van der Waals surface area contributed by atoms with E-state index in [1.165, 1.54) is 37.3 Å². The first-order chi connectivity index (χ1) is 19.2. The van der Waals surface area contributed by atoms with E-state index in [9.17, 15) is 26.8 Å². The Morgan fingerprint density at radius 3 is 2.12 bits per heavy atom. The van der Waals surface area contributed by atoms with Crippen LogP contribution in [0.1, 0.15) is 40.2 Å². The lowest BCUT2D eigenvalue weighted by molar-refractivity contribution is -0.140. The third-order valence-electron chi connectivity index (χ3n) is 6.08. The van der Waals surface area contributed by atoms with E-state index in [2.05, 4.69) is 5.32 Å². The van der Waals surface area contributed by atoms with Crippen LogP contribution >= 0.6 is 0 Å². The number of sulfonamides is 1. The van der Waals surface area contributed by atoms with Crippen molar-refractivity contribution in [1.29, 1.82) is 0 Å². The Hall–Kier alpha value is -3.99. The Bertz CT molecular complexity index is 1460. The molecule has 11 heteroatoms. The molecule has 2 amide bonds. The zero-order valence-electron chi connectivity index (χ0n) is 23.7. The van der Waals surface area contributed by atoms with Gasteiger partial charge in [-0.05, 0) is 89.2 Å². The van der Waals surface area contributed by atoms with Crippen molar-refractivity contribution in [3.05, 3.63) is 90.0 Å². The summed E-state index contributed by atoms with van der Waals surface area (Å²) >= 11 is 0. The van der Waals surface area contributed by atoms with Crippen LogP contribution < -0.4 is 14.4 Å². The second-order valence-electron chi connectivity index (χ2n) is 10.4. The maximum atomic E-state index is 14.6. The summed E-state index contributed by atoms with van der Waals surface area (Å²) in [4.78, 5) is 27.9. The number of nitrogens with one attached hydrogen (secondary N) is 1. The van der Waals surface area contributed by atoms with Crippen molar-refractivity contribution in [3.63, 3.8) is 0 Å². The summed E-state index contributed by atoms with van der Waals surface area (Å²) in [6.07, 6.45) is 0. The Balaban J connectivity index is 2.05. The van der Waals surface area contributed by atoms with Gasteiger partial charge in [0, 0.05) is 17.6 Å². The average Bonchev–Trinajstić information content (AvgIpc) is 2.90. The SMILES string of the molecule is CCOc1ccc(N(CC(=O)N(Cc2ccccc2F)C(C)C(=O)NC(C)(C)C)S(=O)(=O)c2ccc(F)cc2)cc1. The fourth-order valence-electron chi connectivity index (χ4n) is 4.00. The van der Waals surface area contributed by atoms with E-state index in [0.29, 0.717) is 12.4 Å². The molecule has 0 heterocycles. The number of carbonyl (C=O) groups is 2. The highest BCUT2D eigenvalue weighted by Gasteiger charge is 2.33. The minimum absolute atomic E-state index is 0.142. The molecule has 0 fully saturated rings. The monoisotopic (exact) mass is 587 g/mol. The lowest BCUT2D eigenvalue weighted by atomic mass is 10.1. The van der Waals surface area contributed by atoms with E-state index in [1.807, 2.05) is 0 Å². The number of carbonyl (C=O) groups excluding carboxylic acids is 2. The van der Waals surface area contributed by atoms with Gasteiger partial charge >= 0.3 is 0 Å². The van der Waals surface area contributed by atoms with Crippen LogP contribution in [0.4, 0.5) is 14.5 Å². The van der Waals surface area contributed by atoms with Crippen LogP contribution in [-0.2, 0) is 26.2 Å². The van der Waals surface area contributed by atoms with Crippen molar-refractivity contribution in [1.82, 2.24) is 10.2 Å². The second kappa shape index (κ2) is 13.1. The average molecular weight is 588 g/mol. The zero-order valence-corrected chi connectivity index (χ0v) is 24.5. The Labute approximate surface area is 240 Å². The second-order valence-corrected chi connectivity index (χ2v) is 12.3. The molecule has 8 nitrogen and oxygen atoms in total. The van der Waals surface area contributed by atoms with E-state index >= 15 is 0 Å². The number of hydrogen-bond acceptors (Lipinski definition) is 5. The molecule has 1 N–H and O–H groups in total. The van der Waals surface area contributed by atoms with E-state index in [0.717, 1.165) is 33.5 Å². The highest BCUT2D eigenvalue weighted by Crippen LogP contribution is 2.27. The predicted molar refractivity (Wildman–Crippen MR) is 153 cm³/mol. The van der Waals surface area contributed by atoms with Crippen LogP contribution in [0.15, 0.2) is 77.7 Å². The number of ether oxygens (including phenoxy) is 1. The summed E-state index contributed by atoms with van der Waals surface area (Å²) in [6, 6.07) is 15.1. The minimum atomic E-state index is -4.38. The Morgan fingerprint density at radius 2 is 1.56 bits per heavy atom. The normalized spacial score (nSPS) is 12.4. The first kappa shape index (κ1) is 31.5. The quantitative estimate of drug-likeness (QED) is 0.345. The molecular weight excluding hydrogens is 552 g/mol. The molecule has 3 rings (SSSR count). The standard InChI is InChI=1S/C30H35F2N3O5S/c1-6-40-25-15-13-24(14-16-25)35(41(38,39)26-17-11-23(31)12-18-26)20-28(36)34(19-22-9-7-8-10-27(22)32)21(2)29(37)33-30(3,4)5/h7-18,21H,6,19-20H2,1-5H3,(H,33,37). The van der Waals surface area contributed by atoms with Gasteiger partial charge in [-0.25, -0.2) is 17.2 Å². The lowest BCUT2D eigenvalue weighted by Crippen LogP contribution is -2.54. The van der Waals surface area contributed by atoms with Crippen molar-refractivity contribution in [2.45, 2.75) is 57.6 Å². The first-order valence-electron chi connectivity index (χ1n) is 13.1. The highest BCUT2D eigenvalue weighted by atomic mass is 32.2. The molecular formula is C30H35F2N3O5S. The third kappa shape index (κ3) is 8.26. The number of anilines is 1. The fourth-order valence-corrected chi connectivity index (χ4v) is 5.42. The van der Waals surface area contributed by atoms with Gasteiger partial charge in [0.25, 0.3) is 10.0 Å². The molecule has 0 spiro atoms. The largest absolute Gasteiger partial charge is 0.494 e. The topological polar surface area (TPSA) is 96.0 Å². The van der Waals surface area contributed by atoms with E-state index < -0.39 is 51.6 Å². The van der Waals surface area contributed by atoms with Crippen LogP contribution in [0.2, 0.25) is 0 Å². The van der Waals surface area contributed by atoms with Crippen molar-refractivity contribution in [2.24, 2.45) is 0 Å². The smallest absolute Gasteiger partial charge is 0.264 e. The van der Waals surface area contributed by atoms with Gasteiger partial charge in [0.15, 0.2) is 0 Å². The highest BCUT2D eigenvalue weighted by molar-refractivity contribution is 7.92. The summed E-state index contributed by atoms with van der Waals surface area (Å²) in [5.74, 6) is -1.94. The molecule has 1 unspecified atom stereocenters. The number of hydrogen-bond donors (Lipinski definition) is 1. The molecule has 0 aromatic heterocycles. The van der Waals surface area contributed by atoms with Gasteiger partial charge in [-0.15, -0.1) is 0 Å². The van der Waals surface area contributed by atoms with Crippen molar-refractivity contribution in [3.8, 4) is 5.75 Å². The lowest BCUT2D eigenvalue weighted by Gasteiger charge is -2.33. The molecule has 41 heavy (non-hydrogen) atoms. The Kier molecular flexibility index (Phi) is 10.1. The minimum Gasteiger partial charge on any atom is -0.494 e. The molecule has 1 atom stereocenters. The summed E-state index contributed by atoms with van der Waals surface area (Å²) in [6.45, 7) is 8.05. The zero-order chi connectivity index (χ0) is 30.4. The van der Waals surface area contributed by atoms with Gasteiger partial charge in [-0.2, -0.15) is 0 Å². The number of nitrogens with zero attached hydrogens (tertiary/aromatic N) is 2. The third-order valence-corrected chi connectivity index (χ3v) is 7.87. The summed E-state index contributed by atoms with van der Waals surface area (Å²) in [5, 5.41) is 2.81. The molecule has 0 bridgehead atoms. The van der Waals surface area contributed by atoms with Gasteiger partial charge in [0.2, 0.25) is 11.8 Å². The molecule has 0 aliphatic rings. The maximum absolute atomic E-state index is 14.6. The van der Waals surface area contributed by atoms with Crippen LogP contribution in [0.3, 0.4) is 0 Å². The molecule has 220 valence electrons. The van der Waals surface area contributed by atoms with E-state index in [-0.39, 0.29) is 22.7 Å². The van der Waals surface area contributed by atoms with E-state index in [1.54, 1.807) is 45.9 Å². The maximum Gasteiger partial charge on any atom is 0.264 e. The predicted octanol–water partition coefficient (Wildman–Crippen LogP) is 4.89. The van der Waals surface area contributed by atoms with Gasteiger partial charge in [-0.1, -0.05) is 18.2 Å². The molecule has 0 aliphatic carbocycles. The van der Waals surface area contributed by atoms with Gasteiger partial charge in [0.05, 0.1) is 17.2 Å². The number of amides is 2. The van der Waals surface area contributed by atoms with Crippen LogP contribution in [0.25, 0.3) is 0 Å². The molecule has 0 radical (unpaired) electrons. The van der Waals surface area contributed by atoms with Crippen LogP contribution in [0.5, 0.6) is 5.75 Å². The van der Waals surface area contributed by atoms with Gasteiger partial charge in [0.1, 0.15) is 30.0 Å². The number of halogens is 2. The van der Waals surface area contributed by atoms with Gasteiger partial charge < -0.3 is 15.0 Å². The van der Waals surface area contributed by atoms with E-state index in [4.69, 9.17) is 4.74 Å². The van der Waals surface area contributed by atoms with Gasteiger partial charge in [-0.3, -0.25) is 13.9 Å². The summed E-state index contributed by atoms with van der Waals surface area (Å²) in [5.41, 5.74) is -0.313. The van der Waals surface area contributed by atoms with Crippen molar-refractivity contribution in [2.75, 3.05) is 17.5 Å². The fraction of sp³-hybridized carbons (Fsp3) is 0.333. The van der Waals surface area contributed by atoms with Crippen molar-refractivity contribution >= 4 is 27.5 Å². The summed E-state index contributed by atoms with van der Waals surface area (Å²) < 4.78 is 62.1. The molecule has 3 aromatic carbocycles. The molecule has 0 saturated heterocycles. The number of rotatable bonds is 11. The molecule has 0 aliphatic heterocycles. The first-order valence-corrected chi connectivity index (χ1v) is 14.5.